The van der Waals surface area contributed by atoms with Crippen molar-refractivity contribution < 1.29 is 22.7 Å². The number of carbonyl (C=O) groups is 1. The van der Waals surface area contributed by atoms with E-state index in [0.29, 0.717) is 13.0 Å². The van der Waals surface area contributed by atoms with Crippen LogP contribution in [0.1, 0.15) is 18.4 Å². The lowest BCUT2D eigenvalue weighted by Gasteiger charge is -2.18. The van der Waals surface area contributed by atoms with Gasteiger partial charge in [-0.05, 0) is 18.6 Å². The Morgan fingerprint density at radius 2 is 2.16 bits per heavy atom. The number of anilines is 1. The number of hydrogen-bond donors (Lipinski definition) is 0. The average Bonchev–Trinajstić information content (AvgIpc) is 2.37. The van der Waals surface area contributed by atoms with Crippen molar-refractivity contribution in [2.75, 3.05) is 25.6 Å². The molecule has 4 nitrogen and oxygen atoms in total. The van der Waals surface area contributed by atoms with Gasteiger partial charge in [0.05, 0.1) is 12.7 Å². The molecule has 0 unspecified atom stereocenters. The van der Waals surface area contributed by atoms with E-state index in [9.17, 15) is 18.0 Å². The summed E-state index contributed by atoms with van der Waals surface area (Å²) in [5.74, 6) is -0.120. The van der Waals surface area contributed by atoms with E-state index in [0.717, 1.165) is 18.3 Å². The van der Waals surface area contributed by atoms with E-state index in [1.165, 1.54) is 7.11 Å². The Labute approximate surface area is 109 Å². The molecule has 0 atom stereocenters. The van der Waals surface area contributed by atoms with Crippen LogP contribution in [0.2, 0.25) is 0 Å². The summed E-state index contributed by atoms with van der Waals surface area (Å²) in [7, 11) is 2.92. The van der Waals surface area contributed by atoms with Crippen molar-refractivity contribution in [2.45, 2.75) is 19.0 Å². The Kier molecular flexibility index (Phi) is 5.14. The quantitative estimate of drug-likeness (QED) is 0.775. The molecular weight excluding hydrogens is 261 g/mol. The van der Waals surface area contributed by atoms with Crippen molar-refractivity contribution in [3.63, 3.8) is 0 Å². The maximum absolute atomic E-state index is 12.5. The van der Waals surface area contributed by atoms with Gasteiger partial charge in [0, 0.05) is 26.2 Å². The fourth-order valence-corrected chi connectivity index (χ4v) is 1.48. The molecule has 0 aliphatic rings. The van der Waals surface area contributed by atoms with Gasteiger partial charge >= 0.3 is 12.1 Å². The smallest absolute Gasteiger partial charge is 0.416 e. The van der Waals surface area contributed by atoms with E-state index in [1.54, 1.807) is 11.9 Å². The van der Waals surface area contributed by atoms with Crippen LogP contribution in [0.5, 0.6) is 0 Å². The number of ether oxygens (including phenoxy) is 1. The number of esters is 1. The summed E-state index contributed by atoms with van der Waals surface area (Å²) < 4.78 is 42.1. The van der Waals surface area contributed by atoms with Crippen LogP contribution in [0.15, 0.2) is 18.3 Å². The van der Waals surface area contributed by atoms with Crippen molar-refractivity contribution in [1.82, 2.24) is 4.98 Å². The first-order valence-electron chi connectivity index (χ1n) is 5.66. The minimum Gasteiger partial charge on any atom is -0.469 e. The van der Waals surface area contributed by atoms with E-state index in [2.05, 4.69) is 9.72 Å². The Bertz CT molecular complexity index is 435. The van der Waals surface area contributed by atoms with Crippen LogP contribution in [0.25, 0.3) is 0 Å². The molecule has 1 aromatic heterocycles. The molecule has 0 saturated carbocycles. The molecule has 0 saturated heterocycles. The van der Waals surface area contributed by atoms with Gasteiger partial charge in [-0.3, -0.25) is 4.79 Å². The van der Waals surface area contributed by atoms with Gasteiger partial charge in [0.15, 0.2) is 0 Å². The van der Waals surface area contributed by atoms with Gasteiger partial charge in [0.25, 0.3) is 0 Å². The molecule has 7 heteroatoms. The Morgan fingerprint density at radius 3 is 2.74 bits per heavy atom. The normalized spacial score (nSPS) is 11.2. The van der Waals surface area contributed by atoms with E-state index in [4.69, 9.17) is 0 Å². The van der Waals surface area contributed by atoms with Crippen molar-refractivity contribution in [3.8, 4) is 0 Å². The first-order valence-corrected chi connectivity index (χ1v) is 5.66. The highest BCUT2D eigenvalue weighted by molar-refractivity contribution is 5.69. The maximum Gasteiger partial charge on any atom is 0.416 e. The molecule has 1 aromatic rings. The Balaban J connectivity index is 2.62. The summed E-state index contributed by atoms with van der Waals surface area (Å²) in [6.07, 6.45) is -2.56. The van der Waals surface area contributed by atoms with Gasteiger partial charge in [0.2, 0.25) is 0 Å². The van der Waals surface area contributed by atoms with Crippen LogP contribution >= 0.6 is 0 Å². The third-order valence-electron chi connectivity index (χ3n) is 2.57. The maximum atomic E-state index is 12.5. The molecule has 1 rings (SSSR count). The summed E-state index contributed by atoms with van der Waals surface area (Å²) in [5, 5.41) is 0. The molecule has 0 aromatic carbocycles. The highest BCUT2D eigenvalue weighted by atomic mass is 19.4. The molecule has 0 radical (unpaired) electrons. The fraction of sp³-hybridized carbons (Fsp3) is 0.500. The van der Waals surface area contributed by atoms with Crippen LogP contribution in [0, 0.1) is 0 Å². The zero-order chi connectivity index (χ0) is 14.5. The summed E-state index contributed by atoms with van der Waals surface area (Å²) in [6, 6.07) is 1.91. The SMILES string of the molecule is COC(=O)CCCN(C)c1cc(C(F)(F)F)ccn1. The second-order valence-corrected chi connectivity index (χ2v) is 4.00. The topological polar surface area (TPSA) is 42.4 Å². The van der Waals surface area contributed by atoms with Crippen LogP contribution in [0.4, 0.5) is 19.0 Å². The van der Waals surface area contributed by atoms with Gasteiger partial charge in [-0.25, -0.2) is 4.98 Å². The average molecular weight is 276 g/mol. The molecule has 0 amide bonds. The molecule has 0 aliphatic carbocycles. The highest BCUT2D eigenvalue weighted by Crippen LogP contribution is 2.30. The predicted molar refractivity (Wildman–Crippen MR) is 63.8 cm³/mol. The van der Waals surface area contributed by atoms with E-state index in [1.807, 2.05) is 0 Å². The van der Waals surface area contributed by atoms with Crippen LogP contribution < -0.4 is 4.90 Å². The molecule has 0 aliphatic heterocycles. The van der Waals surface area contributed by atoms with E-state index in [-0.39, 0.29) is 18.2 Å². The van der Waals surface area contributed by atoms with Gasteiger partial charge in [0.1, 0.15) is 5.82 Å². The Hall–Kier alpha value is -1.79. The summed E-state index contributed by atoms with van der Waals surface area (Å²) in [5.41, 5.74) is -0.739. The predicted octanol–water partition coefficient (Wildman–Crippen LogP) is 2.49. The van der Waals surface area contributed by atoms with Gasteiger partial charge in [-0.15, -0.1) is 0 Å². The number of aromatic nitrogens is 1. The fourth-order valence-electron chi connectivity index (χ4n) is 1.48. The lowest BCUT2D eigenvalue weighted by Crippen LogP contribution is -2.21. The number of halogens is 3. The third kappa shape index (κ3) is 4.76. The van der Waals surface area contributed by atoms with Crippen LogP contribution in [-0.4, -0.2) is 31.7 Å². The third-order valence-corrected chi connectivity index (χ3v) is 2.57. The molecule has 19 heavy (non-hydrogen) atoms. The summed E-state index contributed by atoms with van der Waals surface area (Å²) in [4.78, 5) is 16.4. The molecule has 0 N–H and O–H groups in total. The summed E-state index contributed by atoms with van der Waals surface area (Å²) >= 11 is 0. The first kappa shape index (κ1) is 15.3. The molecular formula is C12H15F3N2O2. The van der Waals surface area contributed by atoms with E-state index < -0.39 is 11.7 Å². The largest absolute Gasteiger partial charge is 0.469 e. The van der Waals surface area contributed by atoms with Crippen LogP contribution in [0.3, 0.4) is 0 Å². The lowest BCUT2D eigenvalue weighted by atomic mass is 10.2. The van der Waals surface area contributed by atoms with Crippen molar-refractivity contribution in [2.24, 2.45) is 0 Å². The van der Waals surface area contributed by atoms with Crippen molar-refractivity contribution in [3.05, 3.63) is 23.9 Å². The molecule has 1 heterocycles. The number of alkyl halides is 3. The molecule has 0 bridgehead atoms. The monoisotopic (exact) mass is 276 g/mol. The molecule has 0 fully saturated rings. The molecule has 0 spiro atoms. The number of methoxy groups -OCH3 is 1. The van der Waals surface area contributed by atoms with Gasteiger partial charge < -0.3 is 9.64 Å². The number of rotatable bonds is 5. The number of carbonyl (C=O) groups excluding carboxylic acids is 1. The lowest BCUT2D eigenvalue weighted by molar-refractivity contribution is -0.140. The number of nitrogens with zero attached hydrogens (tertiary/aromatic N) is 2. The van der Waals surface area contributed by atoms with Gasteiger partial charge in [-0.1, -0.05) is 0 Å². The highest BCUT2D eigenvalue weighted by Gasteiger charge is 2.30. The minimum atomic E-state index is -4.38. The van der Waals surface area contributed by atoms with Crippen molar-refractivity contribution in [1.29, 1.82) is 0 Å². The minimum absolute atomic E-state index is 0.222. The zero-order valence-corrected chi connectivity index (χ0v) is 10.7. The number of hydrogen-bond acceptors (Lipinski definition) is 4. The second kappa shape index (κ2) is 6.40. The first-order chi connectivity index (χ1) is 8.84. The second-order valence-electron chi connectivity index (χ2n) is 4.00. The summed E-state index contributed by atoms with van der Waals surface area (Å²) in [6.45, 7) is 0.420. The number of pyridine rings is 1. The van der Waals surface area contributed by atoms with Crippen LogP contribution in [-0.2, 0) is 15.7 Å². The zero-order valence-electron chi connectivity index (χ0n) is 10.7. The van der Waals surface area contributed by atoms with Crippen molar-refractivity contribution >= 4 is 11.8 Å². The standard InChI is InChI=1S/C12H15F3N2O2/c1-17(7-3-4-11(18)19-2)10-8-9(5-6-16-10)12(13,14)15/h5-6,8H,3-4,7H2,1-2H3. The van der Waals surface area contributed by atoms with Gasteiger partial charge in [-0.2, -0.15) is 13.2 Å². The Morgan fingerprint density at radius 1 is 1.47 bits per heavy atom. The van der Waals surface area contributed by atoms with E-state index >= 15 is 0 Å². The molecule has 106 valence electrons.